The number of esters is 1. The summed E-state index contributed by atoms with van der Waals surface area (Å²) in [7, 11) is 0. The zero-order chi connectivity index (χ0) is 18.6. The number of anilines is 1. The lowest BCUT2D eigenvalue weighted by molar-refractivity contribution is -0.144. The van der Waals surface area contributed by atoms with E-state index in [1.54, 1.807) is 6.20 Å². The fourth-order valence-corrected chi connectivity index (χ4v) is 3.69. The standard InChI is InChI=1S/C20H16N2O4S/c23-19-13-27-17-9-5-4-8-15(17)22(19)11-20(24)25-12-18-21-10-16(26-18)14-6-2-1-3-7-14/h1-10H,11-13H2. The SMILES string of the molecule is O=C(CN1C(=O)CSc2ccccc21)OCc1ncc(-c2ccccc2)o1. The van der Waals surface area contributed by atoms with E-state index in [1.165, 1.54) is 16.7 Å². The number of ether oxygens (including phenoxy) is 1. The predicted octanol–water partition coefficient (Wildman–Crippen LogP) is 3.52. The van der Waals surface area contributed by atoms with Crippen LogP contribution in [0.4, 0.5) is 5.69 Å². The van der Waals surface area contributed by atoms with Gasteiger partial charge in [0.15, 0.2) is 12.4 Å². The van der Waals surface area contributed by atoms with Crippen LogP contribution in [0.1, 0.15) is 5.89 Å². The molecule has 136 valence electrons. The summed E-state index contributed by atoms with van der Waals surface area (Å²) in [5.74, 6) is 0.606. The Morgan fingerprint density at radius 2 is 1.93 bits per heavy atom. The number of fused-ring (bicyclic) bond motifs is 1. The van der Waals surface area contributed by atoms with Crippen LogP contribution in [0.3, 0.4) is 0 Å². The van der Waals surface area contributed by atoms with Gasteiger partial charge in [0.25, 0.3) is 0 Å². The molecule has 6 nitrogen and oxygen atoms in total. The second kappa shape index (κ2) is 7.67. The molecule has 0 saturated heterocycles. The lowest BCUT2D eigenvalue weighted by Gasteiger charge is -2.27. The van der Waals surface area contributed by atoms with E-state index < -0.39 is 5.97 Å². The van der Waals surface area contributed by atoms with Gasteiger partial charge in [0, 0.05) is 10.5 Å². The molecule has 1 amide bonds. The molecular weight excluding hydrogens is 364 g/mol. The molecule has 3 aromatic rings. The number of nitrogens with zero attached hydrogens (tertiary/aromatic N) is 2. The Morgan fingerprint density at radius 3 is 2.78 bits per heavy atom. The van der Waals surface area contributed by atoms with Crippen molar-refractivity contribution in [3.05, 3.63) is 66.7 Å². The number of carbonyl (C=O) groups is 2. The predicted molar refractivity (Wildman–Crippen MR) is 101 cm³/mol. The highest BCUT2D eigenvalue weighted by Gasteiger charge is 2.26. The van der Waals surface area contributed by atoms with Gasteiger partial charge in [-0.3, -0.25) is 14.5 Å². The first-order chi connectivity index (χ1) is 13.2. The normalized spacial score (nSPS) is 13.3. The minimum absolute atomic E-state index is 0.0793. The summed E-state index contributed by atoms with van der Waals surface area (Å²) in [5, 5.41) is 0. The molecule has 0 radical (unpaired) electrons. The Balaban J connectivity index is 1.38. The third-order valence-corrected chi connectivity index (χ3v) is 5.11. The number of hydrogen-bond donors (Lipinski definition) is 0. The topological polar surface area (TPSA) is 72.6 Å². The quantitative estimate of drug-likeness (QED) is 0.631. The molecule has 7 heteroatoms. The number of hydrogen-bond acceptors (Lipinski definition) is 6. The first kappa shape index (κ1) is 17.4. The van der Waals surface area contributed by atoms with Gasteiger partial charge in [-0.05, 0) is 12.1 Å². The summed E-state index contributed by atoms with van der Waals surface area (Å²) >= 11 is 1.47. The molecule has 0 saturated carbocycles. The largest absolute Gasteiger partial charge is 0.454 e. The van der Waals surface area contributed by atoms with E-state index in [4.69, 9.17) is 9.15 Å². The minimum Gasteiger partial charge on any atom is -0.454 e. The third-order valence-electron chi connectivity index (χ3n) is 4.06. The fraction of sp³-hybridized carbons (Fsp3) is 0.150. The lowest BCUT2D eigenvalue weighted by Crippen LogP contribution is -2.39. The van der Waals surface area contributed by atoms with E-state index in [0.29, 0.717) is 17.4 Å². The van der Waals surface area contributed by atoms with Gasteiger partial charge in [0.1, 0.15) is 6.54 Å². The van der Waals surface area contributed by atoms with Gasteiger partial charge in [-0.25, -0.2) is 4.98 Å². The zero-order valence-corrected chi connectivity index (χ0v) is 15.1. The lowest BCUT2D eigenvalue weighted by atomic mass is 10.2. The van der Waals surface area contributed by atoms with Gasteiger partial charge < -0.3 is 9.15 Å². The van der Waals surface area contributed by atoms with Crippen LogP contribution in [-0.2, 0) is 20.9 Å². The highest BCUT2D eigenvalue weighted by atomic mass is 32.2. The molecule has 0 atom stereocenters. The highest BCUT2D eigenvalue weighted by molar-refractivity contribution is 8.00. The summed E-state index contributed by atoms with van der Waals surface area (Å²) in [6.07, 6.45) is 1.60. The maximum absolute atomic E-state index is 12.2. The van der Waals surface area contributed by atoms with Gasteiger partial charge in [0.2, 0.25) is 11.8 Å². The molecule has 0 bridgehead atoms. The van der Waals surface area contributed by atoms with E-state index in [1.807, 2.05) is 54.6 Å². The molecule has 2 aromatic carbocycles. The maximum Gasteiger partial charge on any atom is 0.326 e. The maximum atomic E-state index is 12.2. The Labute approximate surface area is 160 Å². The molecule has 2 heterocycles. The Kier molecular flexibility index (Phi) is 4.93. The Bertz CT molecular complexity index is 971. The Hall–Kier alpha value is -3.06. The van der Waals surface area contributed by atoms with Crippen LogP contribution in [-0.4, -0.2) is 29.2 Å². The monoisotopic (exact) mass is 380 g/mol. The van der Waals surface area contributed by atoms with Crippen LogP contribution >= 0.6 is 11.8 Å². The van der Waals surface area contributed by atoms with E-state index in [0.717, 1.165) is 16.1 Å². The number of benzene rings is 2. The van der Waals surface area contributed by atoms with Crippen LogP contribution in [0.5, 0.6) is 0 Å². The first-order valence-corrected chi connectivity index (χ1v) is 9.37. The molecule has 0 fully saturated rings. The van der Waals surface area contributed by atoms with Gasteiger partial charge in [-0.2, -0.15) is 0 Å². The average Bonchev–Trinajstić information content (AvgIpc) is 3.18. The molecule has 4 rings (SSSR count). The van der Waals surface area contributed by atoms with Crippen molar-refractivity contribution in [2.24, 2.45) is 0 Å². The van der Waals surface area contributed by atoms with Crippen molar-refractivity contribution in [1.29, 1.82) is 0 Å². The van der Waals surface area contributed by atoms with Crippen LogP contribution < -0.4 is 4.90 Å². The van der Waals surface area contributed by atoms with Crippen LogP contribution in [0, 0.1) is 0 Å². The number of thioether (sulfide) groups is 1. The van der Waals surface area contributed by atoms with Crippen molar-refractivity contribution in [3.8, 4) is 11.3 Å². The third kappa shape index (κ3) is 3.88. The van der Waals surface area contributed by atoms with Crippen molar-refractivity contribution in [1.82, 2.24) is 4.98 Å². The van der Waals surface area contributed by atoms with Gasteiger partial charge in [0.05, 0.1) is 17.6 Å². The number of aromatic nitrogens is 1. The number of rotatable bonds is 5. The summed E-state index contributed by atoms with van der Waals surface area (Å²) < 4.78 is 10.9. The smallest absolute Gasteiger partial charge is 0.326 e. The van der Waals surface area contributed by atoms with E-state index >= 15 is 0 Å². The van der Waals surface area contributed by atoms with Crippen LogP contribution in [0.25, 0.3) is 11.3 Å². The van der Waals surface area contributed by atoms with Crippen molar-refractivity contribution in [2.45, 2.75) is 11.5 Å². The van der Waals surface area contributed by atoms with Gasteiger partial charge >= 0.3 is 5.97 Å². The van der Waals surface area contributed by atoms with E-state index in [-0.39, 0.29) is 19.1 Å². The van der Waals surface area contributed by atoms with Gasteiger partial charge in [-0.1, -0.05) is 42.5 Å². The molecule has 27 heavy (non-hydrogen) atoms. The summed E-state index contributed by atoms with van der Waals surface area (Å²) in [4.78, 5) is 31.0. The molecule has 1 aliphatic heterocycles. The summed E-state index contributed by atoms with van der Waals surface area (Å²) in [6, 6.07) is 17.1. The molecule has 0 unspecified atom stereocenters. The summed E-state index contributed by atoms with van der Waals surface area (Å²) in [5.41, 5.74) is 1.63. The van der Waals surface area contributed by atoms with Crippen LogP contribution in [0.2, 0.25) is 0 Å². The van der Waals surface area contributed by atoms with E-state index in [9.17, 15) is 9.59 Å². The van der Waals surface area contributed by atoms with Crippen LogP contribution in [0.15, 0.2) is 70.1 Å². The minimum atomic E-state index is -0.510. The molecule has 1 aliphatic rings. The Morgan fingerprint density at radius 1 is 1.15 bits per heavy atom. The molecule has 1 aromatic heterocycles. The highest BCUT2D eigenvalue weighted by Crippen LogP contribution is 2.34. The van der Waals surface area contributed by atoms with Crippen molar-refractivity contribution >= 4 is 29.3 Å². The molecule has 0 aliphatic carbocycles. The average molecular weight is 380 g/mol. The number of para-hydroxylation sites is 1. The summed E-state index contributed by atoms with van der Waals surface area (Å²) in [6.45, 7) is -0.216. The fourth-order valence-electron chi connectivity index (χ4n) is 2.76. The first-order valence-electron chi connectivity index (χ1n) is 8.38. The van der Waals surface area contributed by atoms with Crippen molar-refractivity contribution in [2.75, 3.05) is 17.2 Å². The second-order valence-electron chi connectivity index (χ2n) is 5.88. The second-order valence-corrected chi connectivity index (χ2v) is 6.90. The van der Waals surface area contributed by atoms with Crippen molar-refractivity contribution < 1.29 is 18.7 Å². The number of amides is 1. The molecule has 0 N–H and O–H groups in total. The van der Waals surface area contributed by atoms with Gasteiger partial charge in [-0.15, -0.1) is 11.8 Å². The number of oxazole rings is 1. The zero-order valence-electron chi connectivity index (χ0n) is 14.3. The van der Waals surface area contributed by atoms with E-state index in [2.05, 4.69) is 4.98 Å². The molecule has 0 spiro atoms. The van der Waals surface area contributed by atoms with Crippen molar-refractivity contribution in [3.63, 3.8) is 0 Å². The molecular formula is C20H16N2O4S. The number of carbonyl (C=O) groups excluding carboxylic acids is 2.